The summed E-state index contributed by atoms with van der Waals surface area (Å²) in [7, 11) is -3.65. The van der Waals surface area contributed by atoms with Gasteiger partial charge in [0.2, 0.25) is 10.0 Å². The number of hydrogen-bond acceptors (Lipinski definition) is 4. The molecular formula is C23H24N4O4S. The fourth-order valence-electron chi connectivity index (χ4n) is 3.62. The van der Waals surface area contributed by atoms with Crippen LogP contribution < -0.4 is 10.9 Å². The molecule has 0 spiro atoms. The molecule has 1 aliphatic heterocycles. The van der Waals surface area contributed by atoms with Crippen LogP contribution in [-0.2, 0) is 10.0 Å². The molecule has 166 valence electrons. The fraction of sp³-hybridized carbons (Fsp3) is 0.217. The van der Waals surface area contributed by atoms with E-state index in [-0.39, 0.29) is 10.5 Å². The number of hydrazine groups is 1. The summed E-state index contributed by atoms with van der Waals surface area (Å²) >= 11 is 0. The number of sulfonamides is 1. The van der Waals surface area contributed by atoms with E-state index in [0.717, 1.165) is 24.9 Å². The largest absolute Gasteiger partial charge is 0.324 e. The molecule has 0 bridgehead atoms. The number of aromatic nitrogens is 1. The number of carbonyl (C=O) groups is 2. The zero-order valence-corrected chi connectivity index (χ0v) is 18.2. The second kappa shape index (κ2) is 9.37. The molecule has 1 fully saturated rings. The number of nitrogens with one attached hydrogen (secondary N) is 2. The highest BCUT2D eigenvalue weighted by molar-refractivity contribution is 7.89. The van der Waals surface area contributed by atoms with Crippen molar-refractivity contribution >= 4 is 21.8 Å². The second-order valence-corrected chi connectivity index (χ2v) is 9.48. The molecule has 3 aromatic rings. The normalized spacial score (nSPS) is 14.6. The summed E-state index contributed by atoms with van der Waals surface area (Å²) < 4.78 is 29.0. The van der Waals surface area contributed by atoms with Crippen LogP contribution in [0.4, 0.5) is 0 Å². The maximum atomic E-state index is 12.9. The first kappa shape index (κ1) is 21.8. The number of nitrogens with zero attached hydrogens (tertiary/aromatic N) is 2. The molecule has 2 heterocycles. The third-order valence-electron chi connectivity index (χ3n) is 5.35. The monoisotopic (exact) mass is 452 g/mol. The highest BCUT2D eigenvalue weighted by atomic mass is 32.2. The van der Waals surface area contributed by atoms with Gasteiger partial charge in [0.05, 0.1) is 4.90 Å². The number of piperidine rings is 1. The predicted molar refractivity (Wildman–Crippen MR) is 120 cm³/mol. The SMILES string of the molecule is O=C(NNC(=O)c1cccc(S(=O)(=O)N2CCCCC2)c1)c1cccc(-n2cccc2)c1. The molecular weight excluding hydrogens is 428 g/mol. The molecule has 0 radical (unpaired) electrons. The standard InChI is InChI=1S/C23H24N4O4S/c28-22(18-8-6-10-20(16-18)26-12-4-5-13-26)24-25-23(29)19-9-7-11-21(17-19)32(30,31)27-14-2-1-3-15-27/h4-13,16-17H,1-3,14-15H2,(H,24,28)(H,25,29). The van der Waals surface area contributed by atoms with Gasteiger partial charge in [-0.1, -0.05) is 18.6 Å². The van der Waals surface area contributed by atoms with E-state index in [1.807, 2.05) is 35.2 Å². The summed E-state index contributed by atoms with van der Waals surface area (Å²) in [5.74, 6) is -1.08. The molecule has 0 atom stereocenters. The van der Waals surface area contributed by atoms with E-state index in [9.17, 15) is 18.0 Å². The molecule has 1 saturated heterocycles. The lowest BCUT2D eigenvalue weighted by Crippen LogP contribution is -2.41. The van der Waals surface area contributed by atoms with Gasteiger partial charge in [-0.25, -0.2) is 8.42 Å². The highest BCUT2D eigenvalue weighted by Gasteiger charge is 2.26. The number of rotatable bonds is 5. The van der Waals surface area contributed by atoms with Gasteiger partial charge in [-0.05, 0) is 61.4 Å². The Hall–Kier alpha value is -3.43. The molecule has 32 heavy (non-hydrogen) atoms. The molecule has 2 aromatic carbocycles. The minimum absolute atomic E-state index is 0.0674. The van der Waals surface area contributed by atoms with Crippen molar-refractivity contribution in [3.05, 3.63) is 84.2 Å². The maximum absolute atomic E-state index is 12.9. The Labute approximate surface area is 186 Å². The van der Waals surface area contributed by atoms with Crippen LogP contribution in [0.1, 0.15) is 40.0 Å². The Kier molecular flexibility index (Phi) is 6.38. The molecule has 0 aliphatic carbocycles. The number of hydrogen-bond donors (Lipinski definition) is 2. The van der Waals surface area contributed by atoms with Gasteiger partial charge in [0.1, 0.15) is 0 Å². The van der Waals surface area contributed by atoms with E-state index in [2.05, 4.69) is 10.9 Å². The highest BCUT2D eigenvalue weighted by Crippen LogP contribution is 2.21. The first-order valence-electron chi connectivity index (χ1n) is 10.4. The summed E-state index contributed by atoms with van der Waals surface area (Å²) in [6.07, 6.45) is 6.41. The third-order valence-corrected chi connectivity index (χ3v) is 7.24. The zero-order chi connectivity index (χ0) is 22.6. The van der Waals surface area contributed by atoms with E-state index in [1.54, 1.807) is 18.2 Å². The summed E-state index contributed by atoms with van der Waals surface area (Å²) in [5.41, 5.74) is 6.07. The predicted octanol–water partition coefficient (Wildman–Crippen LogP) is 2.73. The van der Waals surface area contributed by atoms with Crippen molar-refractivity contribution in [2.75, 3.05) is 13.1 Å². The first-order valence-corrected chi connectivity index (χ1v) is 11.8. The van der Waals surface area contributed by atoms with Gasteiger partial charge in [0.15, 0.2) is 0 Å². The minimum Gasteiger partial charge on any atom is -0.324 e. The van der Waals surface area contributed by atoms with Crippen LogP contribution in [0.3, 0.4) is 0 Å². The molecule has 9 heteroatoms. The average Bonchev–Trinajstić information content (AvgIpc) is 3.38. The van der Waals surface area contributed by atoms with Gasteiger partial charge < -0.3 is 4.57 Å². The van der Waals surface area contributed by atoms with Gasteiger partial charge in [0.25, 0.3) is 11.8 Å². The van der Waals surface area contributed by atoms with Gasteiger partial charge in [-0.3, -0.25) is 20.4 Å². The van der Waals surface area contributed by atoms with Crippen molar-refractivity contribution < 1.29 is 18.0 Å². The molecule has 8 nitrogen and oxygen atoms in total. The van der Waals surface area contributed by atoms with Crippen LogP contribution in [-0.4, -0.2) is 42.2 Å². The van der Waals surface area contributed by atoms with Crippen LogP contribution in [0.15, 0.2) is 78.0 Å². The van der Waals surface area contributed by atoms with E-state index >= 15 is 0 Å². The second-order valence-electron chi connectivity index (χ2n) is 7.54. The third kappa shape index (κ3) is 4.74. The summed E-state index contributed by atoms with van der Waals surface area (Å²) in [4.78, 5) is 25.1. The van der Waals surface area contributed by atoms with Crippen molar-refractivity contribution in [3.8, 4) is 5.69 Å². The Morgan fingerprint density at radius 2 is 1.34 bits per heavy atom. The Bertz CT molecular complexity index is 1220. The number of amides is 2. The van der Waals surface area contributed by atoms with Crippen molar-refractivity contribution in [1.82, 2.24) is 19.7 Å². The zero-order valence-electron chi connectivity index (χ0n) is 17.4. The molecule has 4 rings (SSSR count). The number of carbonyl (C=O) groups excluding carboxylic acids is 2. The maximum Gasteiger partial charge on any atom is 0.269 e. The lowest BCUT2D eigenvalue weighted by Gasteiger charge is -2.26. The lowest BCUT2D eigenvalue weighted by atomic mass is 10.2. The van der Waals surface area contributed by atoms with E-state index < -0.39 is 21.8 Å². The minimum atomic E-state index is -3.65. The Morgan fingerprint density at radius 1 is 0.750 bits per heavy atom. The average molecular weight is 453 g/mol. The van der Waals surface area contributed by atoms with Crippen molar-refractivity contribution in [1.29, 1.82) is 0 Å². The van der Waals surface area contributed by atoms with E-state index in [1.165, 1.54) is 28.6 Å². The summed E-state index contributed by atoms with van der Waals surface area (Å²) in [5, 5.41) is 0. The van der Waals surface area contributed by atoms with Crippen LogP contribution in [0.2, 0.25) is 0 Å². The van der Waals surface area contributed by atoms with E-state index in [4.69, 9.17) is 0 Å². The van der Waals surface area contributed by atoms with Crippen LogP contribution in [0.25, 0.3) is 5.69 Å². The van der Waals surface area contributed by atoms with Gasteiger partial charge in [-0.15, -0.1) is 0 Å². The smallest absolute Gasteiger partial charge is 0.269 e. The Balaban J connectivity index is 1.43. The van der Waals surface area contributed by atoms with E-state index in [0.29, 0.717) is 18.7 Å². The Morgan fingerprint density at radius 3 is 2.00 bits per heavy atom. The molecule has 2 amide bonds. The molecule has 2 N–H and O–H groups in total. The fourth-order valence-corrected chi connectivity index (χ4v) is 5.19. The van der Waals surface area contributed by atoms with Crippen LogP contribution >= 0.6 is 0 Å². The molecule has 0 unspecified atom stereocenters. The van der Waals surface area contributed by atoms with Crippen LogP contribution in [0.5, 0.6) is 0 Å². The summed E-state index contributed by atoms with van der Waals surface area (Å²) in [6.45, 7) is 0.966. The van der Waals surface area contributed by atoms with Gasteiger partial charge >= 0.3 is 0 Å². The van der Waals surface area contributed by atoms with Crippen molar-refractivity contribution in [2.45, 2.75) is 24.2 Å². The van der Waals surface area contributed by atoms with Gasteiger partial charge in [0, 0.05) is 42.3 Å². The molecule has 1 aliphatic rings. The summed E-state index contributed by atoms with van der Waals surface area (Å²) in [6, 6.07) is 16.6. The molecule has 1 aromatic heterocycles. The lowest BCUT2D eigenvalue weighted by molar-refractivity contribution is 0.0846. The van der Waals surface area contributed by atoms with Crippen molar-refractivity contribution in [3.63, 3.8) is 0 Å². The first-order chi connectivity index (χ1) is 15.4. The topological polar surface area (TPSA) is 101 Å². The molecule has 0 saturated carbocycles. The van der Waals surface area contributed by atoms with Crippen molar-refractivity contribution in [2.24, 2.45) is 0 Å². The number of benzene rings is 2. The van der Waals surface area contributed by atoms with Crippen LogP contribution in [0, 0.1) is 0 Å². The van der Waals surface area contributed by atoms with Gasteiger partial charge in [-0.2, -0.15) is 4.31 Å². The quantitative estimate of drug-likeness (QED) is 0.582.